The molecule has 1 N–H and O–H groups in total. The molecule has 0 atom stereocenters. The van der Waals surface area contributed by atoms with E-state index in [-0.39, 0.29) is 0 Å². The molecule has 110 valence electrons. The van der Waals surface area contributed by atoms with Crippen molar-refractivity contribution in [1.82, 2.24) is 10.5 Å². The molecular formula is C13H24N2O4. The van der Waals surface area contributed by atoms with Gasteiger partial charge in [0.2, 0.25) is 0 Å². The first-order chi connectivity index (χ1) is 9.25. The number of ether oxygens (including phenoxy) is 3. The molecule has 0 aliphatic rings. The van der Waals surface area contributed by atoms with Crippen LogP contribution in [0.4, 0.5) is 0 Å². The van der Waals surface area contributed by atoms with Gasteiger partial charge in [0.25, 0.3) is 0 Å². The zero-order valence-corrected chi connectivity index (χ0v) is 12.0. The lowest BCUT2D eigenvalue weighted by molar-refractivity contribution is 0.0255. The van der Waals surface area contributed by atoms with Gasteiger partial charge in [0.05, 0.1) is 38.7 Å². The van der Waals surface area contributed by atoms with Crippen molar-refractivity contribution >= 4 is 0 Å². The monoisotopic (exact) mass is 272 g/mol. The minimum Gasteiger partial charge on any atom is -0.382 e. The topological polar surface area (TPSA) is 65.8 Å². The van der Waals surface area contributed by atoms with Crippen LogP contribution < -0.4 is 5.32 Å². The Labute approximate surface area is 114 Å². The molecule has 1 heterocycles. The standard InChI is InChI=1S/C13H24N2O4/c1-11-13(12(2)19-15-11)10-14-4-5-17-8-9-18-7-6-16-3/h14H,4-10H2,1-3H3. The van der Waals surface area contributed by atoms with Gasteiger partial charge in [0.15, 0.2) is 0 Å². The van der Waals surface area contributed by atoms with Crippen molar-refractivity contribution in [2.75, 3.05) is 46.7 Å². The van der Waals surface area contributed by atoms with E-state index in [9.17, 15) is 0 Å². The van der Waals surface area contributed by atoms with Crippen LogP contribution >= 0.6 is 0 Å². The first-order valence-electron chi connectivity index (χ1n) is 6.52. The average molecular weight is 272 g/mol. The van der Waals surface area contributed by atoms with Crippen molar-refractivity contribution in [2.24, 2.45) is 0 Å². The Kier molecular flexibility index (Phi) is 8.40. The summed E-state index contributed by atoms with van der Waals surface area (Å²) in [5.74, 6) is 0.873. The molecule has 0 saturated carbocycles. The van der Waals surface area contributed by atoms with E-state index in [1.54, 1.807) is 7.11 Å². The summed E-state index contributed by atoms with van der Waals surface area (Å²) in [6.07, 6.45) is 0. The third kappa shape index (κ3) is 6.68. The lowest BCUT2D eigenvalue weighted by atomic mass is 10.2. The molecule has 6 nitrogen and oxygen atoms in total. The van der Waals surface area contributed by atoms with Crippen molar-refractivity contribution in [3.05, 3.63) is 17.0 Å². The van der Waals surface area contributed by atoms with Crippen LogP contribution in [0.1, 0.15) is 17.0 Å². The SMILES string of the molecule is COCCOCCOCCNCc1c(C)noc1C. The van der Waals surface area contributed by atoms with E-state index in [1.165, 1.54) is 0 Å². The van der Waals surface area contributed by atoms with Gasteiger partial charge >= 0.3 is 0 Å². The number of nitrogens with zero attached hydrogens (tertiary/aromatic N) is 1. The van der Waals surface area contributed by atoms with Crippen LogP contribution in [0.15, 0.2) is 4.52 Å². The molecule has 0 radical (unpaired) electrons. The van der Waals surface area contributed by atoms with Gasteiger partial charge in [-0.25, -0.2) is 0 Å². The van der Waals surface area contributed by atoms with Crippen molar-refractivity contribution in [1.29, 1.82) is 0 Å². The predicted octanol–water partition coefficient (Wildman–Crippen LogP) is 1.06. The summed E-state index contributed by atoms with van der Waals surface area (Å²) in [7, 11) is 1.66. The zero-order valence-electron chi connectivity index (χ0n) is 12.0. The summed E-state index contributed by atoms with van der Waals surface area (Å²) < 4.78 is 20.7. The molecule has 0 unspecified atom stereocenters. The predicted molar refractivity (Wildman–Crippen MR) is 71.2 cm³/mol. The lowest BCUT2D eigenvalue weighted by Crippen LogP contribution is -2.21. The molecule has 0 fully saturated rings. The van der Waals surface area contributed by atoms with Crippen LogP contribution in [0.2, 0.25) is 0 Å². The molecule has 0 aromatic carbocycles. The first kappa shape index (κ1) is 16.1. The average Bonchev–Trinajstić information content (AvgIpc) is 2.72. The fourth-order valence-electron chi connectivity index (χ4n) is 1.58. The molecule has 0 saturated heterocycles. The molecule has 0 aliphatic carbocycles. The molecule has 1 aromatic heterocycles. The van der Waals surface area contributed by atoms with Gasteiger partial charge in [-0.3, -0.25) is 0 Å². The van der Waals surface area contributed by atoms with Gasteiger partial charge in [-0.1, -0.05) is 5.16 Å². The van der Waals surface area contributed by atoms with Crippen LogP contribution in [-0.4, -0.2) is 51.8 Å². The number of methoxy groups -OCH3 is 1. The van der Waals surface area contributed by atoms with Crippen LogP contribution in [0, 0.1) is 13.8 Å². The molecule has 0 spiro atoms. The van der Waals surface area contributed by atoms with E-state index in [4.69, 9.17) is 18.7 Å². The van der Waals surface area contributed by atoms with E-state index >= 15 is 0 Å². The normalized spacial score (nSPS) is 11.1. The third-order valence-corrected chi connectivity index (χ3v) is 2.71. The Bertz CT molecular complexity index is 322. The van der Waals surface area contributed by atoms with Gasteiger partial charge in [0.1, 0.15) is 5.76 Å². The highest BCUT2D eigenvalue weighted by Crippen LogP contribution is 2.10. The van der Waals surface area contributed by atoms with E-state index < -0.39 is 0 Å². The highest BCUT2D eigenvalue weighted by molar-refractivity contribution is 5.20. The van der Waals surface area contributed by atoms with Crippen LogP contribution in [-0.2, 0) is 20.8 Å². The highest BCUT2D eigenvalue weighted by atomic mass is 16.5. The third-order valence-electron chi connectivity index (χ3n) is 2.71. The Morgan fingerprint density at radius 3 is 2.37 bits per heavy atom. The Morgan fingerprint density at radius 2 is 1.74 bits per heavy atom. The summed E-state index contributed by atoms with van der Waals surface area (Å²) >= 11 is 0. The number of hydrogen-bond donors (Lipinski definition) is 1. The van der Waals surface area contributed by atoms with Crippen molar-refractivity contribution < 1.29 is 18.7 Å². The molecule has 0 bridgehead atoms. The van der Waals surface area contributed by atoms with E-state index in [1.807, 2.05) is 13.8 Å². The fourth-order valence-corrected chi connectivity index (χ4v) is 1.58. The Hall–Kier alpha value is -0.950. The van der Waals surface area contributed by atoms with Crippen LogP contribution in [0.5, 0.6) is 0 Å². The van der Waals surface area contributed by atoms with Gasteiger partial charge in [-0.15, -0.1) is 0 Å². The summed E-state index contributed by atoms with van der Waals surface area (Å²) in [6, 6.07) is 0. The smallest absolute Gasteiger partial charge is 0.138 e. The first-order valence-corrected chi connectivity index (χ1v) is 6.52. The summed E-state index contributed by atoms with van der Waals surface area (Å²) in [5, 5.41) is 7.20. The van der Waals surface area contributed by atoms with Crippen molar-refractivity contribution in [3.63, 3.8) is 0 Å². The molecule has 19 heavy (non-hydrogen) atoms. The Morgan fingerprint density at radius 1 is 1.05 bits per heavy atom. The second-order valence-electron chi connectivity index (χ2n) is 4.20. The molecule has 0 aliphatic heterocycles. The second-order valence-corrected chi connectivity index (χ2v) is 4.20. The lowest BCUT2D eigenvalue weighted by Gasteiger charge is -2.06. The number of aryl methyl sites for hydroxylation is 2. The van der Waals surface area contributed by atoms with Gasteiger partial charge in [-0.2, -0.15) is 0 Å². The maximum absolute atomic E-state index is 5.43. The minimum atomic E-state index is 0.604. The fraction of sp³-hybridized carbons (Fsp3) is 0.769. The molecule has 0 amide bonds. The van der Waals surface area contributed by atoms with Gasteiger partial charge in [-0.05, 0) is 13.8 Å². The maximum Gasteiger partial charge on any atom is 0.138 e. The van der Waals surface area contributed by atoms with Gasteiger partial charge < -0.3 is 24.1 Å². The second kappa shape index (κ2) is 9.91. The summed E-state index contributed by atoms with van der Waals surface area (Å²) in [5.41, 5.74) is 2.07. The van der Waals surface area contributed by atoms with Gasteiger partial charge in [0, 0.05) is 25.8 Å². The number of aromatic nitrogens is 1. The van der Waals surface area contributed by atoms with Crippen molar-refractivity contribution in [3.8, 4) is 0 Å². The summed E-state index contributed by atoms with van der Waals surface area (Å²) in [6.45, 7) is 8.54. The number of nitrogens with one attached hydrogen (secondary N) is 1. The van der Waals surface area contributed by atoms with E-state index in [0.29, 0.717) is 33.0 Å². The van der Waals surface area contributed by atoms with Crippen LogP contribution in [0.3, 0.4) is 0 Å². The number of hydrogen-bond acceptors (Lipinski definition) is 6. The molecule has 1 aromatic rings. The Balaban J connectivity index is 1.92. The zero-order chi connectivity index (χ0) is 13.9. The maximum atomic E-state index is 5.43. The van der Waals surface area contributed by atoms with E-state index in [0.717, 1.165) is 30.1 Å². The molecule has 1 rings (SSSR count). The highest BCUT2D eigenvalue weighted by Gasteiger charge is 2.07. The van der Waals surface area contributed by atoms with Crippen LogP contribution in [0.25, 0.3) is 0 Å². The minimum absolute atomic E-state index is 0.604. The quantitative estimate of drug-likeness (QED) is 0.608. The van der Waals surface area contributed by atoms with E-state index in [2.05, 4.69) is 10.5 Å². The number of rotatable bonds is 11. The molecule has 6 heteroatoms. The largest absolute Gasteiger partial charge is 0.382 e. The summed E-state index contributed by atoms with van der Waals surface area (Å²) in [4.78, 5) is 0. The molecular weight excluding hydrogens is 248 g/mol. The van der Waals surface area contributed by atoms with Crippen molar-refractivity contribution in [2.45, 2.75) is 20.4 Å².